The Labute approximate surface area is 82.7 Å². The Hall–Kier alpha value is -0.110. The van der Waals surface area contributed by atoms with Gasteiger partial charge in [-0.2, -0.15) is 8.42 Å². The van der Waals surface area contributed by atoms with Gasteiger partial charge in [0.25, 0.3) is 0 Å². The molecule has 1 aliphatic rings. The van der Waals surface area contributed by atoms with Crippen molar-refractivity contribution in [3.8, 4) is 0 Å². The molecule has 0 saturated heterocycles. The normalized spacial score (nSPS) is 16.5. The van der Waals surface area contributed by atoms with Crippen LogP contribution in [0.4, 0.5) is 0 Å². The summed E-state index contributed by atoms with van der Waals surface area (Å²) in [5.41, 5.74) is 0. The first-order valence-corrected chi connectivity index (χ1v) is 6.13. The van der Waals surface area contributed by atoms with Crippen LogP contribution >= 0.6 is 11.8 Å². The number of hydrogen-bond acceptors (Lipinski definition) is 6. The highest BCUT2D eigenvalue weighted by Crippen LogP contribution is 2.17. The molecule has 0 aromatic carbocycles. The van der Waals surface area contributed by atoms with Crippen molar-refractivity contribution >= 4 is 26.3 Å². The monoisotopic (exact) mass is 226 g/mol. The first-order chi connectivity index (χ1) is 5.67. The van der Waals surface area contributed by atoms with E-state index in [1.165, 1.54) is 11.8 Å². The van der Waals surface area contributed by atoms with E-state index in [9.17, 15) is 8.42 Å². The van der Waals surface area contributed by atoms with Crippen LogP contribution in [0, 0.1) is 0 Å². The van der Waals surface area contributed by atoms with Crippen LogP contribution in [0.3, 0.4) is 0 Å². The molecule has 0 spiro atoms. The molecule has 78 valence electrons. The van der Waals surface area contributed by atoms with Crippen molar-refractivity contribution in [2.45, 2.75) is 13.3 Å². The first-order valence-electron chi connectivity index (χ1n) is 3.73. The average molecular weight is 226 g/mol. The van der Waals surface area contributed by atoms with Gasteiger partial charge >= 0.3 is 10.1 Å². The van der Waals surface area contributed by atoms with E-state index >= 15 is 0 Å². The lowest BCUT2D eigenvalue weighted by Gasteiger charge is -2.01. The maximum absolute atomic E-state index is 11.2. The lowest BCUT2D eigenvalue weighted by Crippen LogP contribution is -2.13. The minimum atomic E-state index is -3.51. The average Bonchev–Trinajstić information content (AvgIpc) is 2.53. The molecular formula is C6H14N2O3S2. The van der Waals surface area contributed by atoms with Gasteiger partial charge in [0.2, 0.25) is 4.38 Å². The molecule has 0 fully saturated rings. The number of hydrogen-bond donors (Lipinski definition) is 1. The standard InChI is InChI=1S/C6H11NO3S2.H3N/c1-2-4-10-12(8,9)6-7-3-5-11-6;/h2-5H2,1H3;1H3. The Morgan fingerprint density at radius 1 is 1.62 bits per heavy atom. The van der Waals surface area contributed by atoms with Gasteiger partial charge in [0.1, 0.15) is 0 Å². The van der Waals surface area contributed by atoms with Gasteiger partial charge in [0.15, 0.2) is 0 Å². The van der Waals surface area contributed by atoms with E-state index in [4.69, 9.17) is 0 Å². The van der Waals surface area contributed by atoms with Crippen molar-refractivity contribution in [1.82, 2.24) is 6.15 Å². The lowest BCUT2D eigenvalue weighted by molar-refractivity contribution is 0.326. The summed E-state index contributed by atoms with van der Waals surface area (Å²) >= 11 is 1.24. The van der Waals surface area contributed by atoms with Crippen molar-refractivity contribution in [3.05, 3.63) is 0 Å². The third-order valence-electron chi connectivity index (χ3n) is 1.21. The summed E-state index contributed by atoms with van der Waals surface area (Å²) in [5, 5.41) is 0. The molecule has 0 radical (unpaired) electrons. The molecule has 3 N–H and O–H groups in total. The molecule has 1 aliphatic heterocycles. The van der Waals surface area contributed by atoms with Crippen LogP contribution in [-0.2, 0) is 14.3 Å². The first kappa shape index (κ1) is 12.9. The maximum Gasteiger partial charge on any atom is 0.320 e. The van der Waals surface area contributed by atoms with Crippen LogP contribution in [0.5, 0.6) is 0 Å². The Morgan fingerprint density at radius 3 is 2.77 bits per heavy atom. The van der Waals surface area contributed by atoms with E-state index in [0.29, 0.717) is 13.0 Å². The quantitative estimate of drug-likeness (QED) is 0.725. The van der Waals surface area contributed by atoms with Crippen LogP contribution in [0.1, 0.15) is 13.3 Å². The van der Waals surface area contributed by atoms with Crippen LogP contribution in [-0.4, -0.2) is 31.7 Å². The molecule has 13 heavy (non-hydrogen) atoms. The van der Waals surface area contributed by atoms with Crippen molar-refractivity contribution in [3.63, 3.8) is 0 Å². The summed E-state index contributed by atoms with van der Waals surface area (Å²) in [6.07, 6.45) is 0.692. The molecule has 5 nitrogen and oxygen atoms in total. The summed E-state index contributed by atoms with van der Waals surface area (Å²) in [6.45, 7) is 2.68. The second kappa shape index (κ2) is 5.58. The van der Waals surface area contributed by atoms with Gasteiger partial charge in [-0.05, 0) is 6.42 Å². The minimum absolute atomic E-state index is 0. The number of rotatable bonds is 3. The lowest BCUT2D eigenvalue weighted by atomic mass is 10.5. The van der Waals surface area contributed by atoms with E-state index in [-0.39, 0.29) is 17.1 Å². The van der Waals surface area contributed by atoms with Gasteiger partial charge in [0.05, 0.1) is 13.2 Å². The molecule has 0 amide bonds. The highest BCUT2D eigenvalue weighted by atomic mass is 32.3. The minimum Gasteiger partial charge on any atom is -0.344 e. The molecule has 0 saturated carbocycles. The van der Waals surface area contributed by atoms with E-state index in [2.05, 4.69) is 9.18 Å². The van der Waals surface area contributed by atoms with Gasteiger partial charge < -0.3 is 6.15 Å². The van der Waals surface area contributed by atoms with Gasteiger partial charge in [-0.1, -0.05) is 18.7 Å². The molecule has 0 aromatic rings. The second-order valence-electron chi connectivity index (χ2n) is 2.27. The second-order valence-corrected chi connectivity index (χ2v) is 5.14. The summed E-state index contributed by atoms with van der Waals surface area (Å²) in [7, 11) is -3.51. The summed E-state index contributed by atoms with van der Waals surface area (Å²) in [6, 6.07) is 0. The van der Waals surface area contributed by atoms with E-state index < -0.39 is 10.1 Å². The van der Waals surface area contributed by atoms with Gasteiger partial charge in [0, 0.05) is 5.75 Å². The van der Waals surface area contributed by atoms with Gasteiger partial charge in [-0.25, -0.2) is 0 Å². The van der Waals surface area contributed by atoms with E-state index in [0.717, 1.165) is 5.75 Å². The molecule has 0 aliphatic carbocycles. The fourth-order valence-corrected chi connectivity index (χ4v) is 2.96. The zero-order valence-corrected chi connectivity index (χ0v) is 9.16. The fraction of sp³-hybridized carbons (Fsp3) is 0.833. The van der Waals surface area contributed by atoms with Crippen LogP contribution < -0.4 is 6.15 Å². The number of thioether (sulfide) groups is 1. The fourth-order valence-electron chi connectivity index (χ4n) is 0.710. The molecule has 7 heteroatoms. The Kier molecular flexibility index (Phi) is 5.54. The highest BCUT2D eigenvalue weighted by Gasteiger charge is 2.23. The topological polar surface area (TPSA) is 90.7 Å². The molecule has 1 heterocycles. The van der Waals surface area contributed by atoms with E-state index in [1.54, 1.807) is 0 Å². The smallest absolute Gasteiger partial charge is 0.320 e. The largest absolute Gasteiger partial charge is 0.344 e. The Morgan fingerprint density at radius 2 is 2.31 bits per heavy atom. The van der Waals surface area contributed by atoms with Crippen molar-refractivity contribution in [2.75, 3.05) is 18.9 Å². The number of nitrogens with zero attached hydrogens (tertiary/aromatic N) is 1. The third kappa shape index (κ3) is 3.63. The SMILES string of the molecule is CCCOS(=O)(=O)C1=NCCS1.N. The Bertz CT molecular complexity index is 274. The van der Waals surface area contributed by atoms with Crippen molar-refractivity contribution in [2.24, 2.45) is 4.99 Å². The zero-order valence-electron chi connectivity index (χ0n) is 7.52. The number of aliphatic imine (C=N–C) groups is 1. The predicted molar refractivity (Wildman–Crippen MR) is 54.9 cm³/mol. The summed E-state index contributed by atoms with van der Waals surface area (Å²) < 4.78 is 27.3. The van der Waals surface area contributed by atoms with E-state index in [1.807, 2.05) is 6.92 Å². The summed E-state index contributed by atoms with van der Waals surface area (Å²) in [5.74, 6) is 0.740. The molecule has 0 aromatic heterocycles. The van der Waals surface area contributed by atoms with Crippen LogP contribution in [0.2, 0.25) is 0 Å². The summed E-state index contributed by atoms with van der Waals surface area (Å²) in [4.78, 5) is 3.83. The predicted octanol–water partition coefficient (Wildman–Crippen LogP) is 1.01. The molecule has 0 atom stereocenters. The van der Waals surface area contributed by atoms with Crippen molar-refractivity contribution < 1.29 is 12.6 Å². The highest BCUT2D eigenvalue weighted by molar-refractivity contribution is 8.34. The molecule has 1 rings (SSSR count). The van der Waals surface area contributed by atoms with Crippen LogP contribution in [0.25, 0.3) is 0 Å². The third-order valence-corrected chi connectivity index (χ3v) is 3.98. The molecular weight excluding hydrogens is 212 g/mol. The zero-order chi connectivity index (χ0) is 9.03. The van der Waals surface area contributed by atoms with Crippen LogP contribution in [0.15, 0.2) is 4.99 Å². The van der Waals surface area contributed by atoms with Gasteiger partial charge in [-0.15, -0.1) is 0 Å². The molecule has 0 unspecified atom stereocenters. The maximum atomic E-state index is 11.2. The van der Waals surface area contributed by atoms with Crippen molar-refractivity contribution in [1.29, 1.82) is 0 Å². The molecule has 0 bridgehead atoms. The van der Waals surface area contributed by atoms with Gasteiger partial charge in [-0.3, -0.25) is 9.18 Å². The Balaban J connectivity index is 0.00000144.